The first-order valence-electron chi connectivity index (χ1n) is 9.08. The topological polar surface area (TPSA) is 121 Å². The predicted molar refractivity (Wildman–Crippen MR) is 111 cm³/mol. The number of aliphatic carboxylic acids is 2. The highest BCUT2D eigenvalue weighted by atomic mass is 16.5. The largest absolute Gasteiger partial charge is 0.493 e. The number of anilines is 1. The Hall–Kier alpha value is -3.07. The molecule has 1 atom stereocenters. The van der Waals surface area contributed by atoms with Crippen LogP contribution in [0.3, 0.4) is 0 Å². The summed E-state index contributed by atoms with van der Waals surface area (Å²) in [5.41, 5.74) is 1.89. The van der Waals surface area contributed by atoms with E-state index in [1.165, 1.54) is 0 Å². The summed E-state index contributed by atoms with van der Waals surface area (Å²) in [6.45, 7) is 3.29. The molecule has 0 amide bonds. The maximum absolute atomic E-state index is 9.10. The minimum Gasteiger partial charge on any atom is -0.493 e. The molecule has 0 fully saturated rings. The van der Waals surface area contributed by atoms with Crippen molar-refractivity contribution >= 4 is 28.5 Å². The van der Waals surface area contributed by atoms with E-state index in [0.29, 0.717) is 6.04 Å². The number of nitrogens with one attached hydrogen (secondary N) is 1. The molecular formula is C20H29N3O6. The van der Waals surface area contributed by atoms with Crippen molar-refractivity contribution in [1.82, 2.24) is 9.88 Å². The number of carbonyl (C=O) groups is 2. The summed E-state index contributed by atoms with van der Waals surface area (Å²) in [5, 5.41) is 19.3. The molecule has 0 spiro atoms. The van der Waals surface area contributed by atoms with Gasteiger partial charge in [0.1, 0.15) is 0 Å². The van der Waals surface area contributed by atoms with Gasteiger partial charge in [0.15, 0.2) is 11.5 Å². The van der Waals surface area contributed by atoms with E-state index in [9.17, 15) is 0 Å². The molecule has 1 aromatic carbocycles. The van der Waals surface area contributed by atoms with Crippen molar-refractivity contribution in [3.05, 3.63) is 24.4 Å². The second-order valence-electron chi connectivity index (χ2n) is 6.66. The van der Waals surface area contributed by atoms with Gasteiger partial charge in [-0.1, -0.05) is 0 Å². The second kappa shape index (κ2) is 11.7. The summed E-state index contributed by atoms with van der Waals surface area (Å²) in [4.78, 5) is 24.9. The van der Waals surface area contributed by atoms with Crippen LogP contribution in [0.15, 0.2) is 24.4 Å². The molecule has 0 bridgehead atoms. The average molecular weight is 407 g/mol. The molecule has 0 aliphatic rings. The van der Waals surface area contributed by atoms with Crippen molar-refractivity contribution in [3.8, 4) is 11.5 Å². The minimum atomic E-state index is -1.82. The first-order chi connectivity index (χ1) is 13.7. The SMILES string of the molecule is COc1cc(NC(C)CCCN(C)C)c2ncccc2c1OC.O=C(O)C(=O)O. The van der Waals surface area contributed by atoms with Gasteiger partial charge in [-0.15, -0.1) is 0 Å². The summed E-state index contributed by atoms with van der Waals surface area (Å²) in [6, 6.07) is 6.25. The molecule has 29 heavy (non-hydrogen) atoms. The number of rotatable bonds is 8. The summed E-state index contributed by atoms with van der Waals surface area (Å²) in [6.07, 6.45) is 4.05. The predicted octanol–water partition coefficient (Wildman–Crippen LogP) is 2.55. The van der Waals surface area contributed by atoms with Crippen molar-refractivity contribution in [3.63, 3.8) is 0 Å². The summed E-state index contributed by atoms with van der Waals surface area (Å²) in [5.74, 6) is -2.21. The number of aromatic nitrogens is 1. The van der Waals surface area contributed by atoms with Gasteiger partial charge in [-0.25, -0.2) is 9.59 Å². The number of carboxylic acid groups (broad SMARTS) is 2. The maximum atomic E-state index is 9.10. The number of fused-ring (bicyclic) bond motifs is 1. The monoisotopic (exact) mass is 407 g/mol. The van der Waals surface area contributed by atoms with Gasteiger partial charge >= 0.3 is 11.9 Å². The van der Waals surface area contributed by atoms with Crippen LogP contribution in [-0.4, -0.2) is 72.9 Å². The molecule has 9 nitrogen and oxygen atoms in total. The van der Waals surface area contributed by atoms with Crippen LogP contribution in [0, 0.1) is 0 Å². The van der Waals surface area contributed by atoms with Crippen LogP contribution in [0.4, 0.5) is 5.69 Å². The van der Waals surface area contributed by atoms with E-state index in [2.05, 4.69) is 36.2 Å². The van der Waals surface area contributed by atoms with Gasteiger partial charge in [0.05, 0.1) is 25.4 Å². The van der Waals surface area contributed by atoms with E-state index in [-0.39, 0.29) is 0 Å². The summed E-state index contributed by atoms with van der Waals surface area (Å²) >= 11 is 0. The summed E-state index contributed by atoms with van der Waals surface area (Å²) in [7, 11) is 7.51. The number of methoxy groups -OCH3 is 2. The first kappa shape index (κ1) is 24.0. The fourth-order valence-electron chi connectivity index (χ4n) is 2.72. The lowest BCUT2D eigenvalue weighted by Crippen LogP contribution is -2.19. The Morgan fingerprint density at radius 3 is 2.38 bits per heavy atom. The van der Waals surface area contributed by atoms with Crippen LogP contribution < -0.4 is 14.8 Å². The Morgan fingerprint density at radius 2 is 1.86 bits per heavy atom. The van der Waals surface area contributed by atoms with E-state index in [4.69, 9.17) is 29.3 Å². The van der Waals surface area contributed by atoms with Crippen LogP contribution in [0.25, 0.3) is 10.9 Å². The highest BCUT2D eigenvalue weighted by Crippen LogP contribution is 2.39. The lowest BCUT2D eigenvalue weighted by molar-refractivity contribution is -0.159. The number of carboxylic acids is 2. The quantitative estimate of drug-likeness (QED) is 0.567. The van der Waals surface area contributed by atoms with E-state index in [1.54, 1.807) is 20.4 Å². The zero-order valence-corrected chi connectivity index (χ0v) is 17.4. The molecule has 0 aliphatic heterocycles. The van der Waals surface area contributed by atoms with Gasteiger partial charge in [-0.3, -0.25) is 4.98 Å². The van der Waals surface area contributed by atoms with Gasteiger partial charge in [-0.05, 0) is 52.5 Å². The van der Waals surface area contributed by atoms with Gasteiger partial charge in [0.25, 0.3) is 0 Å². The standard InChI is InChI=1S/C18H27N3O2.C2H2O4/c1-13(8-7-11-21(2)3)20-15-12-16(22-4)18(23-5)14-9-6-10-19-17(14)15;3-1(4)2(5)6/h6,9-10,12-13,20H,7-8,11H2,1-5H3;(H,3,4)(H,5,6). The van der Waals surface area contributed by atoms with E-state index in [0.717, 1.165) is 47.5 Å². The Balaban J connectivity index is 0.000000612. The summed E-state index contributed by atoms with van der Waals surface area (Å²) < 4.78 is 11.0. The molecule has 3 N–H and O–H groups in total. The normalized spacial score (nSPS) is 11.4. The van der Waals surface area contributed by atoms with Crippen LogP contribution >= 0.6 is 0 Å². The van der Waals surface area contributed by atoms with Crippen LogP contribution in [-0.2, 0) is 9.59 Å². The molecule has 1 unspecified atom stereocenters. The molecular weight excluding hydrogens is 378 g/mol. The lowest BCUT2D eigenvalue weighted by atomic mass is 10.1. The van der Waals surface area contributed by atoms with Crippen LogP contribution in [0.2, 0.25) is 0 Å². The maximum Gasteiger partial charge on any atom is 0.414 e. The molecule has 1 heterocycles. The van der Waals surface area contributed by atoms with Gasteiger partial charge < -0.3 is 29.9 Å². The van der Waals surface area contributed by atoms with Crippen molar-refractivity contribution in [2.75, 3.05) is 40.2 Å². The Labute approximate surface area is 170 Å². The van der Waals surface area contributed by atoms with Crippen molar-refractivity contribution in [2.24, 2.45) is 0 Å². The zero-order chi connectivity index (χ0) is 22.0. The third-order valence-corrected chi connectivity index (χ3v) is 4.06. The van der Waals surface area contributed by atoms with Gasteiger partial charge in [-0.2, -0.15) is 0 Å². The third kappa shape index (κ3) is 7.46. The molecule has 9 heteroatoms. The number of hydrogen-bond donors (Lipinski definition) is 3. The number of hydrogen-bond acceptors (Lipinski definition) is 7. The number of ether oxygens (including phenoxy) is 2. The van der Waals surface area contributed by atoms with Gasteiger partial charge in [0.2, 0.25) is 0 Å². The minimum absolute atomic E-state index is 0.359. The van der Waals surface area contributed by atoms with Crippen molar-refractivity contribution in [2.45, 2.75) is 25.8 Å². The van der Waals surface area contributed by atoms with E-state index in [1.807, 2.05) is 18.2 Å². The van der Waals surface area contributed by atoms with Crippen molar-refractivity contribution < 1.29 is 29.3 Å². The fourth-order valence-corrected chi connectivity index (χ4v) is 2.72. The molecule has 1 aromatic heterocycles. The number of benzene rings is 1. The first-order valence-corrected chi connectivity index (χ1v) is 9.08. The average Bonchev–Trinajstić information content (AvgIpc) is 2.67. The Kier molecular flexibility index (Phi) is 9.67. The Morgan fingerprint density at radius 1 is 1.21 bits per heavy atom. The smallest absolute Gasteiger partial charge is 0.414 e. The van der Waals surface area contributed by atoms with Crippen LogP contribution in [0.1, 0.15) is 19.8 Å². The fraction of sp³-hybridized carbons (Fsp3) is 0.450. The highest BCUT2D eigenvalue weighted by Gasteiger charge is 2.15. The molecule has 0 saturated carbocycles. The van der Waals surface area contributed by atoms with E-state index < -0.39 is 11.9 Å². The molecule has 0 aliphatic carbocycles. The third-order valence-electron chi connectivity index (χ3n) is 4.06. The molecule has 160 valence electrons. The number of pyridine rings is 1. The van der Waals surface area contributed by atoms with Crippen molar-refractivity contribution in [1.29, 1.82) is 0 Å². The van der Waals surface area contributed by atoms with E-state index >= 15 is 0 Å². The molecule has 2 rings (SSSR count). The Bertz CT molecular complexity index is 813. The molecule has 2 aromatic rings. The molecule has 0 saturated heterocycles. The van der Waals surface area contributed by atoms with Gasteiger partial charge in [0, 0.05) is 23.7 Å². The second-order valence-corrected chi connectivity index (χ2v) is 6.66. The zero-order valence-electron chi connectivity index (χ0n) is 17.4. The lowest BCUT2D eigenvalue weighted by Gasteiger charge is -2.19. The van der Waals surface area contributed by atoms with Crippen LogP contribution in [0.5, 0.6) is 11.5 Å². The molecule has 0 radical (unpaired) electrons. The number of nitrogens with zero attached hydrogens (tertiary/aromatic N) is 2. The highest BCUT2D eigenvalue weighted by molar-refractivity contribution is 6.27.